The van der Waals surface area contributed by atoms with Crippen molar-refractivity contribution in [2.45, 2.75) is 6.92 Å². The summed E-state index contributed by atoms with van der Waals surface area (Å²) >= 11 is 0. The first-order chi connectivity index (χ1) is 7.00. The number of benzene rings is 1. The molecule has 0 aromatic heterocycles. The van der Waals surface area contributed by atoms with E-state index in [9.17, 15) is 0 Å². The van der Waals surface area contributed by atoms with Crippen LogP contribution in [-0.2, 0) is 0 Å². The first kappa shape index (κ1) is 11.5. The first-order valence-electron chi connectivity index (χ1n) is 4.46. The van der Waals surface area contributed by atoms with Crippen LogP contribution in [0.5, 0.6) is 0 Å². The van der Waals surface area contributed by atoms with E-state index in [1.807, 2.05) is 6.92 Å². The molecular formula is C10H13BN2O2. The van der Waals surface area contributed by atoms with Crippen LogP contribution >= 0.6 is 0 Å². The van der Waals surface area contributed by atoms with E-state index < -0.39 is 7.12 Å². The summed E-state index contributed by atoms with van der Waals surface area (Å²) in [5.41, 5.74) is 7.74. The van der Waals surface area contributed by atoms with Crippen LogP contribution in [0.1, 0.15) is 5.56 Å². The number of nitrogens with two attached hydrogens (primary N) is 1. The number of hydrogen-bond donors (Lipinski definition) is 3. The van der Waals surface area contributed by atoms with Gasteiger partial charge in [0.25, 0.3) is 0 Å². The van der Waals surface area contributed by atoms with Crippen molar-refractivity contribution in [3.8, 4) is 0 Å². The molecule has 78 valence electrons. The van der Waals surface area contributed by atoms with Gasteiger partial charge in [0.1, 0.15) is 0 Å². The van der Waals surface area contributed by atoms with Crippen LogP contribution in [0.4, 0.5) is 5.69 Å². The molecule has 1 aromatic rings. The molecule has 0 aliphatic carbocycles. The van der Waals surface area contributed by atoms with E-state index >= 15 is 0 Å². The van der Waals surface area contributed by atoms with Crippen LogP contribution in [0, 0.1) is 6.92 Å². The van der Waals surface area contributed by atoms with Crippen LogP contribution in [0.3, 0.4) is 0 Å². The van der Waals surface area contributed by atoms with Gasteiger partial charge in [-0.3, -0.25) is 4.99 Å². The van der Waals surface area contributed by atoms with Crippen LogP contribution in [0.15, 0.2) is 35.5 Å². The number of aliphatic imine (C=N–C) groups is 1. The fraction of sp³-hybridized carbons (Fsp3) is 0.100. The highest BCUT2D eigenvalue weighted by Gasteiger charge is 2.11. The quantitative estimate of drug-likeness (QED) is 0.473. The molecule has 1 rings (SSSR count). The predicted molar refractivity (Wildman–Crippen MR) is 62.5 cm³/mol. The van der Waals surface area contributed by atoms with Gasteiger partial charge in [0, 0.05) is 11.9 Å². The Morgan fingerprint density at radius 1 is 1.53 bits per heavy atom. The van der Waals surface area contributed by atoms with Gasteiger partial charge in [-0.05, 0) is 24.0 Å². The maximum absolute atomic E-state index is 8.94. The van der Waals surface area contributed by atoms with Gasteiger partial charge >= 0.3 is 7.12 Å². The molecule has 0 unspecified atom stereocenters. The molecule has 0 amide bonds. The number of aryl methyl sites for hydroxylation is 1. The van der Waals surface area contributed by atoms with Crippen molar-refractivity contribution in [3.05, 3.63) is 36.0 Å². The second kappa shape index (κ2) is 4.77. The average molecular weight is 204 g/mol. The lowest BCUT2D eigenvalue weighted by Crippen LogP contribution is -2.29. The third kappa shape index (κ3) is 3.23. The van der Waals surface area contributed by atoms with Crippen molar-refractivity contribution in [1.29, 1.82) is 0 Å². The predicted octanol–water partition coefficient (Wildman–Crippen LogP) is -0.150. The fourth-order valence-electron chi connectivity index (χ4n) is 1.14. The molecule has 0 saturated carbocycles. The molecular weight excluding hydrogens is 191 g/mol. The summed E-state index contributed by atoms with van der Waals surface area (Å²) in [5, 5.41) is 17.9. The molecule has 0 saturated heterocycles. The van der Waals surface area contributed by atoms with Gasteiger partial charge in [0.2, 0.25) is 0 Å². The Kier molecular flexibility index (Phi) is 3.65. The zero-order valence-electron chi connectivity index (χ0n) is 8.51. The smallest absolute Gasteiger partial charge is 0.423 e. The highest BCUT2D eigenvalue weighted by Crippen LogP contribution is 2.15. The van der Waals surface area contributed by atoms with Crippen molar-refractivity contribution in [1.82, 2.24) is 0 Å². The Bertz CT molecular complexity index is 402. The van der Waals surface area contributed by atoms with E-state index in [2.05, 4.69) is 11.6 Å². The number of nitrogens with zero attached hydrogens (tertiary/aromatic N) is 1. The number of allylic oxidation sites excluding steroid dienone is 1. The molecule has 5 heteroatoms. The van der Waals surface area contributed by atoms with Crippen LogP contribution in [0.25, 0.3) is 0 Å². The van der Waals surface area contributed by atoms with Gasteiger partial charge in [-0.2, -0.15) is 0 Å². The lowest BCUT2D eigenvalue weighted by atomic mass is 9.79. The second-order valence-corrected chi connectivity index (χ2v) is 3.25. The molecule has 0 spiro atoms. The molecule has 0 atom stereocenters. The Morgan fingerprint density at radius 2 is 2.20 bits per heavy atom. The summed E-state index contributed by atoms with van der Waals surface area (Å²) in [6.45, 7) is 5.33. The second-order valence-electron chi connectivity index (χ2n) is 3.25. The van der Waals surface area contributed by atoms with Gasteiger partial charge in [0.15, 0.2) is 0 Å². The monoisotopic (exact) mass is 204 g/mol. The molecule has 0 aliphatic rings. The fourth-order valence-corrected chi connectivity index (χ4v) is 1.14. The number of hydrogen-bond acceptors (Lipinski definition) is 4. The molecule has 1 aromatic carbocycles. The minimum atomic E-state index is -1.45. The van der Waals surface area contributed by atoms with Crippen LogP contribution in [-0.4, -0.2) is 23.4 Å². The molecule has 0 fully saturated rings. The van der Waals surface area contributed by atoms with E-state index in [1.54, 1.807) is 18.2 Å². The maximum Gasteiger partial charge on any atom is 0.488 e. The van der Waals surface area contributed by atoms with Crippen LogP contribution < -0.4 is 11.2 Å². The average Bonchev–Trinajstić information content (AvgIpc) is 2.15. The molecule has 0 radical (unpaired) electrons. The Balaban J connectivity index is 2.98. The van der Waals surface area contributed by atoms with E-state index in [-0.39, 0.29) is 0 Å². The van der Waals surface area contributed by atoms with E-state index in [0.29, 0.717) is 11.2 Å². The van der Waals surface area contributed by atoms with Crippen molar-refractivity contribution in [3.63, 3.8) is 0 Å². The molecule has 4 nitrogen and oxygen atoms in total. The Labute approximate surface area is 88.9 Å². The van der Waals surface area contributed by atoms with Crippen molar-refractivity contribution in [2.24, 2.45) is 10.7 Å². The maximum atomic E-state index is 8.94. The van der Waals surface area contributed by atoms with Crippen molar-refractivity contribution in [2.75, 3.05) is 0 Å². The summed E-state index contributed by atoms with van der Waals surface area (Å²) < 4.78 is 0. The Morgan fingerprint density at radius 3 is 2.67 bits per heavy atom. The first-order valence-corrected chi connectivity index (χ1v) is 4.46. The standard InChI is InChI=1S/C10H13BN2O2/c1-7-5-9(11(14)15)3-4-10(7)13-6-8(2)12/h3-6,14-15H,2,12H2,1H3/b13-6-. The summed E-state index contributed by atoms with van der Waals surface area (Å²) in [4.78, 5) is 4.09. The third-order valence-electron chi connectivity index (χ3n) is 1.89. The van der Waals surface area contributed by atoms with Gasteiger partial charge in [-0.1, -0.05) is 18.7 Å². The SMILES string of the molecule is C=C(N)/C=N\c1ccc(B(O)O)cc1C. The molecule has 0 bridgehead atoms. The van der Waals surface area contributed by atoms with Gasteiger partial charge in [-0.15, -0.1) is 0 Å². The number of rotatable bonds is 3. The zero-order valence-corrected chi connectivity index (χ0v) is 8.51. The van der Waals surface area contributed by atoms with E-state index in [4.69, 9.17) is 15.8 Å². The lowest BCUT2D eigenvalue weighted by Gasteiger charge is -2.03. The molecule has 0 heterocycles. The van der Waals surface area contributed by atoms with Crippen molar-refractivity contribution < 1.29 is 10.0 Å². The van der Waals surface area contributed by atoms with E-state index in [1.165, 1.54) is 6.21 Å². The molecule has 15 heavy (non-hydrogen) atoms. The third-order valence-corrected chi connectivity index (χ3v) is 1.89. The summed E-state index contributed by atoms with van der Waals surface area (Å²) in [6, 6.07) is 4.96. The highest BCUT2D eigenvalue weighted by molar-refractivity contribution is 6.58. The van der Waals surface area contributed by atoms with Crippen LogP contribution in [0.2, 0.25) is 0 Å². The summed E-state index contributed by atoms with van der Waals surface area (Å²) in [5.74, 6) is 0. The molecule has 4 N–H and O–H groups in total. The minimum Gasteiger partial charge on any atom is -0.423 e. The zero-order chi connectivity index (χ0) is 11.4. The molecule has 0 aliphatic heterocycles. The topological polar surface area (TPSA) is 78.8 Å². The lowest BCUT2D eigenvalue weighted by molar-refractivity contribution is 0.426. The summed E-state index contributed by atoms with van der Waals surface area (Å²) in [6.07, 6.45) is 1.46. The van der Waals surface area contributed by atoms with Gasteiger partial charge in [-0.25, -0.2) is 0 Å². The summed E-state index contributed by atoms with van der Waals surface area (Å²) in [7, 11) is -1.45. The highest BCUT2D eigenvalue weighted by atomic mass is 16.4. The van der Waals surface area contributed by atoms with Gasteiger partial charge in [0.05, 0.1) is 5.69 Å². The van der Waals surface area contributed by atoms with Gasteiger partial charge < -0.3 is 15.8 Å². The minimum absolute atomic E-state index is 0.376. The van der Waals surface area contributed by atoms with Crippen molar-refractivity contribution >= 4 is 24.5 Å². The Hall–Kier alpha value is -1.59. The van der Waals surface area contributed by atoms with E-state index in [0.717, 1.165) is 11.3 Å². The largest absolute Gasteiger partial charge is 0.488 e. The normalized spacial score (nSPS) is 10.6.